The van der Waals surface area contributed by atoms with Gasteiger partial charge in [-0.15, -0.1) is 0 Å². The third-order valence-corrected chi connectivity index (χ3v) is 5.52. The number of alkyl halides is 2. The number of nitrogens with one attached hydrogen (secondary N) is 1. The minimum atomic E-state index is -3.00. The second-order valence-corrected chi connectivity index (χ2v) is 7.83. The van der Waals surface area contributed by atoms with Gasteiger partial charge in [-0.1, -0.05) is 24.3 Å². The summed E-state index contributed by atoms with van der Waals surface area (Å²) < 4.78 is 37.0. The van der Waals surface area contributed by atoms with Crippen molar-refractivity contribution < 1.29 is 23.0 Å². The lowest BCUT2D eigenvalue weighted by atomic mass is 10.0. The second kappa shape index (κ2) is 10.3. The number of carbonyl (C=O) groups is 1. The SMILES string of the molecule is COc1ccc(-c2cc(NC(=O)CCn3cnc4c(C)cccc4c3=O)ccc2OC(F)F)cc1. The molecule has 0 unspecified atom stereocenters. The van der Waals surface area contributed by atoms with E-state index in [1.807, 2.05) is 13.0 Å². The predicted molar refractivity (Wildman–Crippen MR) is 129 cm³/mol. The van der Waals surface area contributed by atoms with Gasteiger partial charge in [0.25, 0.3) is 5.56 Å². The molecule has 0 aliphatic carbocycles. The minimum Gasteiger partial charge on any atom is -0.497 e. The molecular formula is C26H23F2N3O4. The van der Waals surface area contributed by atoms with Gasteiger partial charge in [0, 0.05) is 24.2 Å². The third kappa shape index (κ3) is 5.46. The second-order valence-electron chi connectivity index (χ2n) is 7.83. The number of carbonyl (C=O) groups excluding carboxylic acids is 1. The highest BCUT2D eigenvalue weighted by Gasteiger charge is 2.14. The molecule has 0 spiro atoms. The van der Waals surface area contributed by atoms with Crippen LogP contribution in [0.15, 0.2) is 71.8 Å². The average Bonchev–Trinajstić information content (AvgIpc) is 2.85. The van der Waals surface area contributed by atoms with Crippen LogP contribution in [-0.4, -0.2) is 29.2 Å². The number of halogens is 2. The molecule has 0 radical (unpaired) electrons. The molecule has 0 aliphatic rings. The largest absolute Gasteiger partial charge is 0.497 e. The lowest BCUT2D eigenvalue weighted by Gasteiger charge is -2.14. The van der Waals surface area contributed by atoms with Crippen molar-refractivity contribution >= 4 is 22.5 Å². The Balaban J connectivity index is 1.51. The van der Waals surface area contributed by atoms with Crippen molar-refractivity contribution in [2.24, 2.45) is 0 Å². The van der Waals surface area contributed by atoms with Gasteiger partial charge >= 0.3 is 6.61 Å². The van der Waals surface area contributed by atoms with E-state index in [1.165, 1.54) is 30.1 Å². The Bertz CT molecular complexity index is 1420. The van der Waals surface area contributed by atoms with Crippen molar-refractivity contribution in [3.63, 3.8) is 0 Å². The first-order valence-corrected chi connectivity index (χ1v) is 10.8. The standard InChI is InChI=1S/C26H23F2N3O4/c1-16-4-3-5-20-24(16)29-15-31(25(20)33)13-12-23(32)30-18-8-11-22(35-26(27)28)21(14-18)17-6-9-19(34-2)10-7-17/h3-11,14-15,26H,12-13H2,1-2H3,(H,30,32). The summed E-state index contributed by atoms with van der Waals surface area (Å²) in [4.78, 5) is 29.7. The molecule has 0 aliphatic heterocycles. The molecule has 4 aromatic rings. The Morgan fingerprint density at radius 1 is 1.11 bits per heavy atom. The molecule has 9 heteroatoms. The van der Waals surface area contributed by atoms with E-state index in [2.05, 4.69) is 15.0 Å². The van der Waals surface area contributed by atoms with Gasteiger partial charge in [0.15, 0.2) is 0 Å². The number of hydrogen-bond acceptors (Lipinski definition) is 5. The molecule has 35 heavy (non-hydrogen) atoms. The van der Waals surface area contributed by atoms with Crippen LogP contribution in [-0.2, 0) is 11.3 Å². The highest BCUT2D eigenvalue weighted by Crippen LogP contribution is 2.34. The first kappa shape index (κ1) is 23.9. The molecule has 0 saturated heterocycles. The van der Waals surface area contributed by atoms with Gasteiger partial charge < -0.3 is 14.8 Å². The van der Waals surface area contributed by atoms with Gasteiger partial charge in [-0.25, -0.2) is 4.98 Å². The van der Waals surface area contributed by atoms with E-state index in [1.54, 1.807) is 42.5 Å². The molecular weight excluding hydrogens is 456 g/mol. The zero-order chi connectivity index (χ0) is 24.9. The monoisotopic (exact) mass is 479 g/mol. The van der Waals surface area contributed by atoms with Gasteiger partial charge in [-0.2, -0.15) is 8.78 Å². The molecule has 1 aromatic heterocycles. The first-order chi connectivity index (χ1) is 16.9. The first-order valence-electron chi connectivity index (χ1n) is 10.8. The smallest absolute Gasteiger partial charge is 0.387 e. The minimum absolute atomic E-state index is 0.0199. The zero-order valence-corrected chi connectivity index (χ0v) is 19.1. The van der Waals surface area contributed by atoms with Crippen molar-refractivity contribution in [1.29, 1.82) is 0 Å². The van der Waals surface area contributed by atoms with Crippen LogP contribution in [0.2, 0.25) is 0 Å². The summed E-state index contributed by atoms with van der Waals surface area (Å²) >= 11 is 0. The number of hydrogen-bond donors (Lipinski definition) is 1. The molecule has 1 amide bonds. The van der Waals surface area contributed by atoms with Crippen LogP contribution in [0, 0.1) is 6.92 Å². The molecule has 4 rings (SSSR count). The van der Waals surface area contributed by atoms with Crippen LogP contribution in [0.3, 0.4) is 0 Å². The van der Waals surface area contributed by atoms with Crippen molar-refractivity contribution in [2.75, 3.05) is 12.4 Å². The lowest BCUT2D eigenvalue weighted by molar-refractivity contribution is -0.116. The van der Waals surface area contributed by atoms with Crippen molar-refractivity contribution in [1.82, 2.24) is 9.55 Å². The van der Waals surface area contributed by atoms with Crippen LogP contribution in [0.4, 0.5) is 14.5 Å². The average molecular weight is 479 g/mol. The summed E-state index contributed by atoms with van der Waals surface area (Å²) in [7, 11) is 1.53. The Kier molecular flexibility index (Phi) is 7.05. The predicted octanol–water partition coefficient (Wildman–Crippen LogP) is 5.01. The Morgan fingerprint density at radius 2 is 1.89 bits per heavy atom. The van der Waals surface area contributed by atoms with E-state index in [4.69, 9.17) is 4.74 Å². The number of nitrogens with zero attached hydrogens (tertiary/aromatic N) is 2. The molecule has 1 N–H and O–H groups in total. The highest BCUT2D eigenvalue weighted by atomic mass is 19.3. The number of para-hydroxylation sites is 1. The quantitative estimate of drug-likeness (QED) is 0.384. The van der Waals surface area contributed by atoms with Crippen LogP contribution in [0.25, 0.3) is 22.0 Å². The number of ether oxygens (including phenoxy) is 2. The topological polar surface area (TPSA) is 82.5 Å². The van der Waals surface area contributed by atoms with E-state index in [9.17, 15) is 18.4 Å². The van der Waals surface area contributed by atoms with Crippen LogP contribution in [0.5, 0.6) is 11.5 Å². The van der Waals surface area contributed by atoms with Gasteiger partial charge in [-0.05, 0) is 54.4 Å². The number of methoxy groups -OCH3 is 1. The fourth-order valence-electron chi connectivity index (χ4n) is 3.74. The number of fused-ring (bicyclic) bond motifs is 1. The van der Waals surface area contributed by atoms with Crippen molar-refractivity contribution in [3.8, 4) is 22.6 Å². The third-order valence-electron chi connectivity index (χ3n) is 5.52. The number of anilines is 1. The number of benzene rings is 3. The maximum Gasteiger partial charge on any atom is 0.387 e. The summed E-state index contributed by atoms with van der Waals surface area (Å²) in [6.45, 7) is -0.978. The molecule has 3 aromatic carbocycles. The maximum atomic E-state index is 12.9. The number of rotatable bonds is 8. The molecule has 180 valence electrons. The fourth-order valence-corrected chi connectivity index (χ4v) is 3.74. The van der Waals surface area contributed by atoms with E-state index in [0.717, 1.165) is 5.56 Å². The highest BCUT2D eigenvalue weighted by molar-refractivity contribution is 5.92. The Hall–Kier alpha value is -4.27. The Labute approximate surface area is 199 Å². The van der Waals surface area contributed by atoms with E-state index >= 15 is 0 Å². The normalized spacial score (nSPS) is 11.0. The molecule has 0 fully saturated rings. The fraction of sp³-hybridized carbons (Fsp3) is 0.192. The van der Waals surface area contributed by atoms with Crippen LogP contribution < -0.4 is 20.3 Å². The number of aromatic nitrogens is 2. The lowest BCUT2D eigenvalue weighted by Crippen LogP contribution is -2.23. The summed E-state index contributed by atoms with van der Waals surface area (Å²) in [6, 6.07) is 16.6. The van der Waals surface area contributed by atoms with Crippen molar-refractivity contribution in [2.45, 2.75) is 26.5 Å². The summed E-state index contributed by atoms with van der Waals surface area (Å²) in [5.74, 6) is 0.250. The van der Waals surface area contributed by atoms with Gasteiger partial charge in [0.2, 0.25) is 5.91 Å². The van der Waals surface area contributed by atoms with Crippen molar-refractivity contribution in [3.05, 3.63) is 82.9 Å². The van der Waals surface area contributed by atoms with E-state index < -0.39 is 6.61 Å². The summed E-state index contributed by atoms with van der Waals surface area (Å²) in [5.41, 5.74) is 2.72. The maximum absolute atomic E-state index is 12.9. The number of aryl methyl sites for hydroxylation is 2. The van der Waals surface area contributed by atoms with Crippen LogP contribution in [0.1, 0.15) is 12.0 Å². The Morgan fingerprint density at radius 3 is 2.60 bits per heavy atom. The van der Waals surface area contributed by atoms with Gasteiger partial charge in [0.1, 0.15) is 11.5 Å². The summed E-state index contributed by atoms with van der Waals surface area (Å²) in [6.07, 6.45) is 1.45. The van der Waals surface area contributed by atoms with Gasteiger partial charge in [0.05, 0.1) is 24.3 Å². The molecule has 0 atom stereocenters. The zero-order valence-electron chi connectivity index (χ0n) is 19.1. The molecule has 1 heterocycles. The molecule has 7 nitrogen and oxygen atoms in total. The molecule has 0 bridgehead atoms. The molecule has 0 saturated carbocycles. The van der Waals surface area contributed by atoms with E-state index in [0.29, 0.717) is 33.5 Å². The number of amides is 1. The van der Waals surface area contributed by atoms with E-state index in [-0.39, 0.29) is 30.2 Å². The van der Waals surface area contributed by atoms with Crippen LogP contribution >= 0.6 is 0 Å². The van der Waals surface area contributed by atoms with Gasteiger partial charge in [-0.3, -0.25) is 14.2 Å². The summed E-state index contributed by atoms with van der Waals surface area (Å²) in [5, 5.41) is 3.24.